The molecule has 1 amide bonds. The molecule has 21 heavy (non-hydrogen) atoms. The van der Waals surface area contributed by atoms with Crippen LogP contribution in [-0.2, 0) is 4.79 Å². The zero-order chi connectivity index (χ0) is 15.0. The monoisotopic (exact) mass is 279 g/mol. The molecule has 0 fully saturated rings. The maximum absolute atomic E-state index is 12.5. The van der Waals surface area contributed by atoms with E-state index in [2.05, 4.69) is 0 Å². The Hall–Kier alpha value is -2.88. The van der Waals surface area contributed by atoms with E-state index < -0.39 is 0 Å². The number of phenolic OH excluding ortho intramolecular Hbond substituents is 1. The quantitative estimate of drug-likeness (QED) is 0.816. The van der Waals surface area contributed by atoms with Crippen LogP contribution in [0.5, 0.6) is 5.75 Å². The zero-order valence-corrected chi connectivity index (χ0v) is 11.4. The number of allylic oxidation sites excluding steroid dienone is 1. The van der Waals surface area contributed by atoms with Crippen LogP contribution in [0.25, 0.3) is 6.08 Å². The molecule has 0 spiro atoms. The maximum Gasteiger partial charge on any atom is 0.228 e. The van der Waals surface area contributed by atoms with Crippen molar-refractivity contribution in [2.75, 3.05) is 4.90 Å². The van der Waals surface area contributed by atoms with Gasteiger partial charge in [0.2, 0.25) is 11.7 Å². The van der Waals surface area contributed by atoms with Gasteiger partial charge in [0.25, 0.3) is 0 Å². The second-order valence-corrected chi connectivity index (χ2v) is 4.79. The fourth-order valence-corrected chi connectivity index (χ4v) is 2.46. The Labute approximate surface area is 121 Å². The van der Waals surface area contributed by atoms with Gasteiger partial charge in [-0.3, -0.25) is 14.5 Å². The molecule has 1 N–H and O–H groups in total. The van der Waals surface area contributed by atoms with Crippen LogP contribution in [0.3, 0.4) is 0 Å². The number of hydrogen-bond acceptors (Lipinski definition) is 3. The number of amides is 1. The fraction of sp³-hybridized carbons (Fsp3) is 0.0588. The lowest BCUT2D eigenvalue weighted by atomic mass is 10.1. The van der Waals surface area contributed by atoms with Crippen molar-refractivity contribution in [1.29, 1.82) is 0 Å². The van der Waals surface area contributed by atoms with Crippen molar-refractivity contribution in [2.45, 2.75) is 6.92 Å². The molecule has 0 saturated carbocycles. The van der Waals surface area contributed by atoms with Crippen molar-refractivity contribution < 1.29 is 14.7 Å². The zero-order valence-electron chi connectivity index (χ0n) is 11.4. The Morgan fingerprint density at radius 1 is 1.10 bits per heavy atom. The molecule has 3 rings (SSSR count). The molecule has 0 atom stereocenters. The number of ketones is 1. The number of carbonyl (C=O) groups is 2. The smallest absolute Gasteiger partial charge is 0.228 e. The first-order chi connectivity index (χ1) is 10.1. The number of hydrogen-bond donors (Lipinski definition) is 1. The summed E-state index contributed by atoms with van der Waals surface area (Å²) in [4.78, 5) is 25.8. The molecule has 0 radical (unpaired) electrons. The number of aromatic hydroxyl groups is 1. The summed E-state index contributed by atoms with van der Waals surface area (Å²) >= 11 is 0. The van der Waals surface area contributed by atoms with E-state index in [0.717, 1.165) is 0 Å². The van der Waals surface area contributed by atoms with E-state index in [1.807, 2.05) is 0 Å². The van der Waals surface area contributed by atoms with Crippen molar-refractivity contribution in [1.82, 2.24) is 0 Å². The van der Waals surface area contributed by atoms with Gasteiger partial charge in [-0.25, -0.2) is 0 Å². The third-order valence-electron chi connectivity index (χ3n) is 3.41. The Bertz CT molecular complexity index is 777. The largest absolute Gasteiger partial charge is 0.507 e. The van der Waals surface area contributed by atoms with Gasteiger partial charge < -0.3 is 5.11 Å². The van der Waals surface area contributed by atoms with Crippen LogP contribution in [-0.4, -0.2) is 16.8 Å². The van der Waals surface area contributed by atoms with Gasteiger partial charge in [0, 0.05) is 18.1 Å². The van der Waals surface area contributed by atoms with Gasteiger partial charge in [-0.05, 0) is 24.3 Å². The van der Waals surface area contributed by atoms with E-state index in [1.54, 1.807) is 48.5 Å². The summed E-state index contributed by atoms with van der Waals surface area (Å²) in [6.07, 6.45) is 1.54. The van der Waals surface area contributed by atoms with Gasteiger partial charge >= 0.3 is 0 Å². The number of carbonyl (C=O) groups excluding carboxylic acids is 2. The second-order valence-electron chi connectivity index (χ2n) is 4.79. The van der Waals surface area contributed by atoms with Crippen molar-refractivity contribution in [2.24, 2.45) is 0 Å². The summed E-state index contributed by atoms with van der Waals surface area (Å²) in [6.45, 7) is 1.41. The van der Waals surface area contributed by atoms with Crippen molar-refractivity contribution >= 4 is 23.5 Å². The van der Waals surface area contributed by atoms with E-state index in [1.165, 1.54) is 17.9 Å². The highest BCUT2D eigenvalue weighted by Crippen LogP contribution is 2.36. The van der Waals surface area contributed by atoms with Crippen molar-refractivity contribution in [3.8, 4) is 5.75 Å². The van der Waals surface area contributed by atoms with E-state index in [-0.39, 0.29) is 23.1 Å². The third-order valence-corrected chi connectivity index (χ3v) is 3.41. The molecule has 1 aliphatic rings. The van der Waals surface area contributed by atoms with Gasteiger partial charge in [-0.15, -0.1) is 0 Å². The van der Waals surface area contributed by atoms with Crippen LogP contribution in [0.15, 0.2) is 54.2 Å². The maximum atomic E-state index is 12.5. The molecule has 1 heterocycles. The molecule has 2 aromatic carbocycles. The standard InChI is InChI=1S/C17H13NO3/c1-11(19)18-14-8-4-3-7-13(14)17(21)15(18)10-12-6-2-5-9-16(12)20/h2-10,20H,1H3. The number of phenols is 1. The van der Waals surface area contributed by atoms with Crippen LogP contribution in [0, 0.1) is 0 Å². The summed E-state index contributed by atoms with van der Waals surface area (Å²) < 4.78 is 0. The van der Waals surface area contributed by atoms with E-state index in [0.29, 0.717) is 16.8 Å². The van der Waals surface area contributed by atoms with E-state index in [9.17, 15) is 14.7 Å². The minimum absolute atomic E-state index is 0.0669. The molecule has 1 aliphatic heterocycles. The number of benzene rings is 2. The third kappa shape index (κ3) is 2.10. The first-order valence-electron chi connectivity index (χ1n) is 6.53. The summed E-state index contributed by atoms with van der Waals surface area (Å²) in [5.41, 5.74) is 1.83. The van der Waals surface area contributed by atoms with E-state index in [4.69, 9.17) is 0 Å². The van der Waals surface area contributed by atoms with Gasteiger partial charge in [0.05, 0.1) is 11.4 Å². The van der Waals surface area contributed by atoms with Gasteiger partial charge in [-0.1, -0.05) is 30.3 Å². The lowest BCUT2D eigenvalue weighted by Gasteiger charge is -2.16. The minimum atomic E-state index is -0.241. The van der Waals surface area contributed by atoms with E-state index >= 15 is 0 Å². The molecule has 0 bridgehead atoms. The Morgan fingerprint density at radius 2 is 1.76 bits per heavy atom. The normalized spacial score (nSPS) is 15.4. The number of para-hydroxylation sites is 2. The SMILES string of the molecule is CC(=O)N1C(=Cc2ccccc2O)C(=O)c2ccccc21. The van der Waals surface area contributed by atoms with Crippen molar-refractivity contribution in [3.63, 3.8) is 0 Å². The molecule has 104 valence electrons. The van der Waals surface area contributed by atoms with Crippen LogP contribution in [0.1, 0.15) is 22.8 Å². The summed E-state index contributed by atoms with van der Waals surface area (Å²) in [7, 11) is 0. The highest BCUT2D eigenvalue weighted by molar-refractivity contribution is 6.26. The number of anilines is 1. The number of nitrogens with zero attached hydrogens (tertiary/aromatic N) is 1. The average Bonchev–Trinajstić information content (AvgIpc) is 2.75. The Kier molecular flexibility index (Phi) is 3.06. The number of fused-ring (bicyclic) bond motifs is 1. The van der Waals surface area contributed by atoms with Crippen LogP contribution < -0.4 is 4.90 Å². The first kappa shape index (κ1) is 13.1. The number of rotatable bonds is 1. The van der Waals surface area contributed by atoms with Crippen LogP contribution >= 0.6 is 0 Å². The molecule has 4 nitrogen and oxygen atoms in total. The van der Waals surface area contributed by atoms with Crippen LogP contribution in [0.4, 0.5) is 5.69 Å². The Balaban J connectivity index is 2.17. The minimum Gasteiger partial charge on any atom is -0.507 e. The van der Waals surface area contributed by atoms with Gasteiger partial charge in [0.1, 0.15) is 5.75 Å². The van der Waals surface area contributed by atoms with Gasteiger partial charge in [0.15, 0.2) is 0 Å². The summed E-state index contributed by atoms with van der Waals surface area (Å²) in [5.74, 6) is -0.392. The molecule has 2 aromatic rings. The highest BCUT2D eigenvalue weighted by Gasteiger charge is 2.34. The molecule has 0 aromatic heterocycles. The predicted octanol–water partition coefficient (Wildman–Crippen LogP) is 2.98. The number of Topliss-reactive ketones (excluding diaryl/α,β-unsaturated/α-hetero) is 1. The Morgan fingerprint density at radius 3 is 2.48 bits per heavy atom. The summed E-state index contributed by atoms with van der Waals surface area (Å²) in [6, 6.07) is 13.7. The first-order valence-corrected chi connectivity index (χ1v) is 6.53. The molecule has 4 heteroatoms. The molecule has 0 aliphatic carbocycles. The lowest BCUT2D eigenvalue weighted by Crippen LogP contribution is -2.25. The average molecular weight is 279 g/mol. The van der Waals surface area contributed by atoms with Crippen molar-refractivity contribution in [3.05, 3.63) is 65.4 Å². The van der Waals surface area contributed by atoms with Gasteiger partial charge in [-0.2, -0.15) is 0 Å². The summed E-state index contributed by atoms with van der Waals surface area (Å²) in [5, 5.41) is 9.84. The molecule has 0 unspecified atom stereocenters. The fourth-order valence-electron chi connectivity index (χ4n) is 2.46. The lowest BCUT2D eigenvalue weighted by molar-refractivity contribution is -0.116. The molecular formula is C17H13NO3. The molecule has 0 saturated heterocycles. The predicted molar refractivity (Wildman–Crippen MR) is 80.0 cm³/mol. The second kappa shape index (κ2) is 4.90. The molecular weight excluding hydrogens is 266 g/mol. The topological polar surface area (TPSA) is 57.6 Å². The van der Waals surface area contributed by atoms with Crippen LogP contribution in [0.2, 0.25) is 0 Å². The highest BCUT2D eigenvalue weighted by atomic mass is 16.3.